The Labute approximate surface area is 161 Å². The van der Waals surface area contributed by atoms with Gasteiger partial charge in [-0.25, -0.2) is 0 Å². The average molecular weight is 390 g/mol. The van der Waals surface area contributed by atoms with Crippen LogP contribution in [0.15, 0.2) is 72.8 Å². The maximum absolute atomic E-state index is 11.1. The first-order valence-electron chi connectivity index (χ1n) is 9.09. The van der Waals surface area contributed by atoms with Gasteiger partial charge in [-0.15, -0.1) is 0 Å². The molecule has 0 unspecified atom stereocenters. The van der Waals surface area contributed by atoms with Crippen molar-refractivity contribution in [2.24, 2.45) is 0 Å². The van der Waals surface area contributed by atoms with E-state index in [1.807, 2.05) is 48.5 Å². The van der Waals surface area contributed by atoms with E-state index in [0.29, 0.717) is 11.5 Å². The first-order valence-corrected chi connectivity index (χ1v) is 14.8. The Balaban J connectivity index is 1.99. The van der Waals surface area contributed by atoms with Gasteiger partial charge in [0.15, 0.2) is 0 Å². The van der Waals surface area contributed by atoms with Crippen molar-refractivity contribution in [3.05, 3.63) is 72.8 Å². The summed E-state index contributed by atoms with van der Waals surface area (Å²) in [6.45, 7) is 6.92. The molecule has 0 fully saturated rings. The topological polar surface area (TPSA) is 40.5 Å². The smallest absolute Gasteiger partial charge is 0.130 e. The molecule has 4 rings (SSSR count). The molecule has 4 aromatic rings. The van der Waals surface area contributed by atoms with Crippen molar-refractivity contribution >= 4 is 47.4 Å². The van der Waals surface area contributed by atoms with Crippen LogP contribution in [0.3, 0.4) is 0 Å². The fourth-order valence-electron chi connectivity index (χ4n) is 3.70. The normalized spacial score (nSPS) is 12.1. The molecular formula is C23H23O2PSi. The Kier molecular flexibility index (Phi) is 4.45. The van der Waals surface area contributed by atoms with Crippen molar-refractivity contribution in [1.82, 2.24) is 0 Å². The van der Waals surface area contributed by atoms with Gasteiger partial charge in [-0.05, 0) is 10.8 Å². The minimum atomic E-state index is -1.76. The van der Waals surface area contributed by atoms with E-state index in [9.17, 15) is 10.2 Å². The molecule has 0 spiro atoms. The van der Waals surface area contributed by atoms with Crippen molar-refractivity contribution in [2.45, 2.75) is 19.6 Å². The minimum absolute atomic E-state index is 0.356. The molecule has 136 valence electrons. The van der Waals surface area contributed by atoms with Crippen LogP contribution < -0.4 is 10.6 Å². The van der Waals surface area contributed by atoms with Gasteiger partial charge in [0.1, 0.15) is 11.5 Å². The van der Waals surface area contributed by atoms with E-state index in [1.54, 1.807) is 0 Å². The van der Waals surface area contributed by atoms with E-state index >= 15 is 0 Å². The lowest BCUT2D eigenvalue weighted by molar-refractivity contribution is 0.485. The average Bonchev–Trinajstić information content (AvgIpc) is 2.65. The molecule has 0 aliphatic heterocycles. The monoisotopic (exact) mass is 390 g/mol. The first kappa shape index (κ1) is 18.0. The van der Waals surface area contributed by atoms with E-state index in [1.165, 1.54) is 0 Å². The molecule has 2 N–H and O–H groups in total. The van der Waals surface area contributed by atoms with Crippen LogP contribution >= 0.6 is 7.47 Å². The zero-order valence-corrected chi connectivity index (χ0v) is 17.7. The number of hydrogen-bond donors (Lipinski definition) is 2. The molecule has 0 radical (unpaired) electrons. The SMILES string of the molecule is C[Si](C)(C)P(c1ccc2ccccc2c1O)c1ccc2ccccc2c1O. The Morgan fingerprint density at radius 2 is 1.00 bits per heavy atom. The second kappa shape index (κ2) is 6.67. The zero-order chi connectivity index (χ0) is 19.2. The van der Waals surface area contributed by atoms with Gasteiger partial charge < -0.3 is 10.2 Å². The predicted octanol–water partition coefficient (Wildman–Crippen LogP) is 5.67. The van der Waals surface area contributed by atoms with Crippen LogP contribution in [0.25, 0.3) is 21.5 Å². The Hall–Kier alpha value is -2.35. The van der Waals surface area contributed by atoms with Crippen LogP contribution in [-0.2, 0) is 0 Å². The van der Waals surface area contributed by atoms with Crippen LogP contribution in [0, 0.1) is 0 Å². The van der Waals surface area contributed by atoms with E-state index in [0.717, 1.165) is 32.2 Å². The lowest BCUT2D eigenvalue weighted by atomic mass is 10.1. The van der Waals surface area contributed by atoms with Crippen molar-refractivity contribution < 1.29 is 10.2 Å². The van der Waals surface area contributed by atoms with E-state index in [2.05, 4.69) is 43.9 Å². The minimum Gasteiger partial charge on any atom is -0.507 e. The predicted molar refractivity (Wildman–Crippen MR) is 121 cm³/mol. The summed E-state index contributed by atoms with van der Waals surface area (Å²) in [6.07, 6.45) is 0. The summed E-state index contributed by atoms with van der Waals surface area (Å²) in [5, 5.41) is 28.0. The number of rotatable bonds is 3. The van der Waals surface area contributed by atoms with Gasteiger partial charge in [-0.1, -0.05) is 99.9 Å². The summed E-state index contributed by atoms with van der Waals surface area (Å²) in [5.41, 5.74) is 0. The molecule has 0 amide bonds. The molecule has 4 aromatic carbocycles. The molecule has 0 bridgehead atoms. The largest absolute Gasteiger partial charge is 0.507 e. The molecule has 2 nitrogen and oxygen atoms in total. The van der Waals surface area contributed by atoms with Crippen LogP contribution in [0.2, 0.25) is 19.6 Å². The number of hydrogen-bond acceptors (Lipinski definition) is 2. The summed E-state index contributed by atoms with van der Waals surface area (Å²) in [7, 11) is -2.60. The molecule has 0 aliphatic carbocycles. The van der Waals surface area contributed by atoms with Gasteiger partial charge in [-0.3, -0.25) is 0 Å². The molecule has 0 saturated carbocycles. The summed E-state index contributed by atoms with van der Waals surface area (Å²) >= 11 is 0. The number of fused-ring (bicyclic) bond motifs is 2. The summed E-state index contributed by atoms with van der Waals surface area (Å²) < 4.78 is 0. The highest BCUT2D eigenvalue weighted by Gasteiger charge is 2.34. The van der Waals surface area contributed by atoms with Gasteiger partial charge in [-0.2, -0.15) is 0 Å². The Morgan fingerprint density at radius 3 is 1.41 bits per heavy atom. The van der Waals surface area contributed by atoms with Gasteiger partial charge in [0.05, 0.1) is 7.74 Å². The Bertz CT molecular complexity index is 1060. The van der Waals surface area contributed by atoms with Crippen LogP contribution in [-0.4, -0.2) is 18.0 Å². The van der Waals surface area contributed by atoms with Crippen LogP contribution in [0.5, 0.6) is 11.5 Å². The molecule has 4 heteroatoms. The molecule has 0 aliphatic rings. The quantitative estimate of drug-likeness (QED) is 0.349. The third-order valence-electron chi connectivity index (χ3n) is 4.91. The highest BCUT2D eigenvalue weighted by atomic mass is 31.4. The van der Waals surface area contributed by atoms with Crippen molar-refractivity contribution in [1.29, 1.82) is 0 Å². The third kappa shape index (κ3) is 3.11. The van der Waals surface area contributed by atoms with Gasteiger partial charge in [0.2, 0.25) is 0 Å². The van der Waals surface area contributed by atoms with Crippen LogP contribution in [0.1, 0.15) is 0 Å². The zero-order valence-electron chi connectivity index (χ0n) is 15.8. The van der Waals surface area contributed by atoms with Gasteiger partial charge in [0.25, 0.3) is 0 Å². The van der Waals surface area contributed by atoms with E-state index in [4.69, 9.17) is 0 Å². The van der Waals surface area contributed by atoms with Crippen LogP contribution in [0.4, 0.5) is 0 Å². The summed E-state index contributed by atoms with van der Waals surface area (Å²) in [6, 6.07) is 24.1. The molecule has 0 heterocycles. The highest BCUT2D eigenvalue weighted by molar-refractivity contribution is 8.04. The molecule has 27 heavy (non-hydrogen) atoms. The van der Waals surface area contributed by atoms with Crippen molar-refractivity contribution in [3.63, 3.8) is 0 Å². The number of phenolic OH excluding ortho intramolecular Hbond substituents is 2. The van der Waals surface area contributed by atoms with E-state index in [-0.39, 0.29) is 0 Å². The molecule has 0 saturated heterocycles. The maximum Gasteiger partial charge on any atom is 0.130 e. The fourth-order valence-corrected chi connectivity index (χ4v) is 11.9. The van der Waals surface area contributed by atoms with Gasteiger partial charge >= 0.3 is 0 Å². The number of aromatic hydroxyl groups is 2. The standard InChI is InChI=1S/C23H23O2PSi/c1-27(2,3)26(20-14-12-16-8-4-6-10-18(16)22(20)24)21-15-13-17-9-5-7-11-19(17)23(21)25/h4-15,24-25H,1-3H3. The van der Waals surface area contributed by atoms with E-state index < -0.39 is 15.2 Å². The first-order chi connectivity index (χ1) is 12.9. The number of benzene rings is 4. The molecular weight excluding hydrogens is 367 g/mol. The summed E-state index contributed by atoms with van der Waals surface area (Å²) in [5.74, 6) is 0.711. The lowest BCUT2D eigenvalue weighted by Gasteiger charge is -2.32. The molecule has 0 atom stereocenters. The highest BCUT2D eigenvalue weighted by Crippen LogP contribution is 2.50. The third-order valence-corrected chi connectivity index (χ3v) is 13.4. The maximum atomic E-state index is 11.1. The van der Waals surface area contributed by atoms with Gasteiger partial charge in [0, 0.05) is 21.4 Å². The summed E-state index contributed by atoms with van der Waals surface area (Å²) in [4.78, 5) is 0. The second-order valence-corrected chi connectivity index (χ2v) is 19.2. The number of phenols is 2. The second-order valence-electron chi connectivity index (χ2n) is 7.82. The molecule has 0 aromatic heterocycles. The Morgan fingerprint density at radius 1 is 0.593 bits per heavy atom. The fraction of sp³-hybridized carbons (Fsp3) is 0.130. The van der Waals surface area contributed by atoms with Crippen molar-refractivity contribution in [3.8, 4) is 11.5 Å². The lowest BCUT2D eigenvalue weighted by Crippen LogP contribution is -2.30. The van der Waals surface area contributed by atoms with Crippen molar-refractivity contribution in [2.75, 3.05) is 0 Å².